The molecule has 0 aliphatic rings. The molecule has 0 radical (unpaired) electrons. The van der Waals surface area contributed by atoms with Crippen molar-refractivity contribution in [2.24, 2.45) is 0 Å². The average Bonchev–Trinajstić information content (AvgIpc) is 3.53. The quantitative estimate of drug-likeness (QED) is 0.176. The summed E-state index contributed by atoms with van der Waals surface area (Å²) < 4.78 is 2.67. The van der Waals surface area contributed by atoms with Gasteiger partial charge in [-0.25, -0.2) is 0 Å². The molecule has 9 aromatic carbocycles. The summed E-state index contributed by atoms with van der Waals surface area (Å²) in [5, 5.41) is 12.8. The Morgan fingerprint density at radius 2 is 0.771 bits per heavy atom. The van der Waals surface area contributed by atoms with Gasteiger partial charge in [-0.1, -0.05) is 121 Å². The van der Waals surface area contributed by atoms with E-state index in [0.717, 1.165) is 17.1 Å². The van der Waals surface area contributed by atoms with Crippen LogP contribution in [0, 0.1) is 0 Å². The Morgan fingerprint density at radius 3 is 1.42 bits per heavy atom. The van der Waals surface area contributed by atoms with Gasteiger partial charge in [0.2, 0.25) is 0 Å². The first-order chi connectivity index (χ1) is 23.8. The third-order valence-electron chi connectivity index (χ3n) is 9.81. The van der Waals surface area contributed by atoms with Crippen LogP contribution in [0.5, 0.6) is 0 Å². The summed E-state index contributed by atoms with van der Waals surface area (Å²) in [7, 11) is 0. The highest BCUT2D eigenvalue weighted by atomic mass is 32.1. The van der Waals surface area contributed by atoms with Crippen LogP contribution in [0.1, 0.15) is 0 Å². The second kappa shape index (κ2) is 10.8. The number of fused-ring (bicyclic) bond motifs is 9. The van der Waals surface area contributed by atoms with Gasteiger partial charge in [0, 0.05) is 37.2 Å². The topological polar surface area (TPSA) is 3.24 Å². The lowest BCUT2D eigenvalue weighted by atomic mass is 9.99. The lowest BCUT2D eigenvalue weighted by molar-refractivity contribution is 1.29. The van der Waals surface area contributed by atoms with Crippen LogP contribution in [0.25, 0.3) is 74.4 Å². The van der Waals surface area contributed by atoms with Crippen LogP contribution >= 0.6 is 11.3 Å². The minimum absolute atomic E-state index is 1.13. The van der Waals surface area contributed by atoms with Gasteiger partial charge in [0.05, 0.1) is 0 Å². The number of rotatable bonds is 4. The maximum absolute atomic E-state index is 2.39. The number of hydrogen-bond acceptors (Lipinski definition) is 2. The predicted molar refractivity (Wildman–Crippen MR) is 209 cm³/mol. The molecule has 0 aliphatic heterocycles. The Bertz CT molecular complexity index is 2720. The third-order valence-corrected chi connectivity index (χ3v) is 11.0. The molecule has 0 bridgehead atoms. The number of anilines is 3. The van der Waals surface area contributed by atoms with E-state index in [-0.39, 0.29) is 0 Å². The van der Waals surface area contributed by atoms with Crippen molar-refractivity contribution < 1.29 is 0 Å². The molecule has 48 heavy (non-hydrogen) atoms. The normalized spacial score (nSPS) is 11.8. The predicted octanol–water partition coefficient (Wildman–Crippen LogP) is 13.8. The SMILES string of the molecule is c1ccc2c(c1)ccc1cc(N(c3ccc(-c4ccc5sc6ccccc6c5c4)cc3)c3ccc4c(ccc5ccccc54)c3)ccc12. The van der Waals surface area contributed by atoms with E-state index >= 15 is 0 Å². The summed E-state index contributed by atoms with van der Waals surface area (Å²) in [4.78, 5) is 2.39. The van der Waals surface area contributed by atoms with Gasteiger partial charge in [-0.2, -0.15) is 0 Å². The average molecular weight is 628 g/mol. The Kier molecular flexibility index (Phi) is 6.12. The van der Waals surface area contributed by atoms with Gasteiger partial charge in [0.1, 0.15) is 0 Å². The van der Waals surface area contributed by atoms with Gasteiger partial charge in [-0.05, 0) is 109 Å². The van der Waals surface area contributed by atoms with E-state index in [1.165, 1.54) is 74.4 Å². The molecule has 0 saturated carbocycles. The molecule has 224 valence electrons. The van der Waals surface area contributed by atoms with Crippen LogP contribution in [0.3, 0.4) is 0 Å². The van der Waals surface area contributed by atoms with Gasteiger partial charge in [0.15, 0.2) is 0 Å². The molecule has 0 N–H and O–H groups in total. The van der Waals surface area contributed by atoms with Crippen LogP contribution in [0.15, 0.2) is 176 Å². The van der Waals surface area contributed by atoms with E-state index in [9.17, 15) is 0 Å². The molecule has 0 spiro atoms. The minimum atomic E-state index is 1.13. The lowest BCUT2D eigenvalue weighted by Gasteiger charge is -2.26. The Balaban J connectivity index is 1.12. The third kappa shape index (κ3) is 4.38. The van der Waals surface area contributed by atoms with Crippen molar-refractivity contribution in [1.82, 2.24) is 0 Å². The summed E-state index contributed by atoms with van der Waals surface area (Å²) in [6, 6.07) is 64.6. The molecule has 1 heterocycles. The van der Waals surface area contributed by atoms with Crippen molar-refractivity contribution in [2.45, 2.75) is 0 Å². The Morgan fingerprint density at radius 1 is 0.292 bits per heavy atom. The summed E-state index contributed by atoms with van der Waals surface area (Å²) in [6.45, 7) is 0. The smallest absolute Gasteiger partial charge is 0.0468 e. The first-order valence-corrected chi connectivity index (χ1v) is 17.2. The molecular formula is C46H29NS. The molecule has 10 aromatic rings. The van der Waals surface area contributed by atoms with Crippen molar-refractivity contribution in [1.29, 1.82) is 0 Å². The van der Waals surface area contributed by atoms with Gasteiger partial charge < -0.3 is 4.90 Å². The van der Waals surface area contributed by atoms with E-state index in [1.807, 2.05) is 11.3 Å². The maximum Gasteiger partial charge on any atom is 0.0468 e. The fraction of sp³-hybridized carbons (Fsp3) is 0. The maximum atomic E-state index is 2.39. The summed E-state index contributed by atoms with van der Waals surface area (Å²) >= 11 is 1.86. The van der Waals surface area contributed by atoms with Gasteiger partial charge in [0.25, 0.3) is 0 Å². The molecule has 0 aliphatic carbocycles. The van der Waals surface area contributed by atoms with Crippen LogP contribution in [0.2, 0.25) is 0 Å². The zero-order valence-corrected chi connectivity index (χ0v) is 26.9. The van der Waals surface area contributed by atoms with Crippen molar-refractivity contribution in [3.05, 3.63) is 176 Å². The molecule has 0 atom stereocenters. The van der Waals surface area contributed by atoms with Crippen LogP contribution in [-0.2, 0) is 0 Å². The van der Waals surface area contributed by atoms with Crippen molar-refractivity contribution >= 4 is 91.7 Å². The van der Waals surface area contributed by atoms with E-state index in [2.05, 4.69) is 181 Å². The molecule has 0 saturated heterocycles. The lowest BCUT2D eigenvalue weighted by Crippen LogP contribution is -2.10. The van der Waals surface area contributed by atoms with Gasteiger partial charge >= 0.3 is 0 Å². The number of hydrogen-bond donors (Lipinski definition) is 0. The molecule has 10 rings (SSSR count). The van der Waals surface area contributed by atoms with E-state index in [1.54, 1.807) is 0 Å². The number of nitrogens with zero attached hydrogens (tertiary/aromatic N) is 1. The molecule has 1 nitrogen and oxygen atoms in total. The van der Waals surface area contributed by atoms with Crippen LogP contribution in [0.4, 0.5) is 17.1 Å². The molecule has 0 unspecified atom stereocenters. The fourth-order valence-electron chi connectivity index (χ4n) is 7.43. The number of thiophene rings is 1. The van der Waals surface area contributed by atoms with Crippen LogP contribution < -0.4 is 4.90 Å². The second-order valence-electron chi connectivity index (χ2n) is 12.6. The molecular weight excluding hydrogens is 599 g/mol. The van der Waals surface area contributed by atoms with E-state index < -0.39 is 0 Å². The highest BCUT2D eigenvalue weighted by Gasteiger charge is 2.16. The minimum Gasteiger partial charge on any atom is -0.310 e. The van der Waals surface area contributed by atoms with Crippen molar-refractivity contribution in [3.8, 4) is 11.1 Å². The van der Waals surface area contributed by atoms with Gasteiger partial charge in [-0.3, -0.25) is 0 Å². The molecule has 0 fully saturated rings. The molecule has 2 heteroatoms. The highest BCUT2D eigenvalue weighted by Crippen LogP contribution is 2.41. The molecule has 0 amide bonds. The van der Waals surface area contributed by atoms with Crippen LogP contribution in [-0.4, -0.2) is 0 Å². The Labute approximate surface area is 282 Å². The standard InChI is InChI=1S/C46H29NS/c1-3-9-39-31(7-1)13-15-34-27-37(22-24-41(34)39)47(38-23-25-42-35(28-38)16-14-32-8-2-4-10-40(32)42)36-20-17-30(18-21-36)33-19-26-46-44(29-33)43-11-5-6-12-45(43)48-46/h1-29H. The monoisotopic (exact) mass is 627 g/mol. The fourth-order valence-corrected chi connectivity index (χ4v) is 8.52. The van der Waals surface area contributed by atoms with Gasteiger partial charge in [-0.15, -0.1) is 11.3 Å². The van der Waals surface area contributed by atoms with E-state index in [4.69, 9.17) is 0 Å². The second-order valence-corrected chi connectivity index (χ2v) is 13.7. The largest absolute Gasteiger partial charge is 0.310 e. The summed E-state index contributed by atoms with van der Waals surface area (Å²) in [5.74, 6) is 0. The number of benzene rings is 9. The Hall–Kier alpha value is -5.96. The summed E-state index contributed by atoms with van der Waals surface area (Å²) in [5.41, 5.74) is 5.85. The first kappa shape index (κ1) is 27.2. The van der Waals surface area contributed by atoms with Crippen molar-refractivity contribution in [2.75, 3.05) is 4.90 Å². The summed E-state index contributed by atoms with van der Waals surface area (Å²) in [6.07, 6.45) is 0. The van der Waals surface area contributed by atoms with Crippen molar-refractivity contribution in [3.63, 3.8) is 0 Å². The highest BCUT2D eigenvalue weighted by molar-refractivity contribution is 7.25. The zero-order valence-electron chi connectivity index (χ0n) is 26.1. The first-order valence-electron chi connectivity index (χ1n) is 16.4. The zero-order chi connectivity index (χ0) is 31.6. The molecule has 1 aromatic heterocycles. The van der Waals surface area contributed by atoms with E-state index in [0.29, 0.717) is 0 Å².